The number of ether oxygens (including phenoxy) is 1. The summed E-state index contributed by atoms with van der Waals surface area (Å²) in [7, 11) is -3.20. The van der Waals surface area contributed by atoms with Gasteiger partial charge in [-0.1, -0.05) is 12.1 Å². The molecule has 7 heteroatoms. The Bertz CT molecular complexity index is 663. The molecule has 2 aliphatic heterocycles. The molecular weight excluding hydrogens is 352 g/mol. The van der Waals surface area contributed by atoms with Crippen molar-refractivity contribution in [2.75, 3.05) is 58.7 Å². The predicted molar refractivity (Wildman–Crippen MR) is 101 cm³/mol. The first-order chi connectivity index (χ1) is 12.4. The van der Waals surface area contributed by atoms with E-state index in [4.69, 9.17) is 4.74 Å². The van der Waals surface area contributed by atoms with Crippen molar-refractivity contribution < 1.29 is 18.3 Å². The lowest BCUT2D eigenvalue weighted by molar-refractivity contribution is 0.0342. The van der Waals surface area contributed by atoms with Crippen LogP contribution in [0.1, 0.15) is 24.5 Å². The second kappa shape index (κ2) is 8.80. The maximum Gasteiger partial charge on any atom is 0.175 e. The Morgan fingerprint density at radius 1 is 1.08 bits per heavy atom. The van der Waals surface area contributed by atoms with Crippen LogP contribution in [0.4, 0.5) is 0 Å². The second-order valence-corrected chi connectivity index (χ2v) is 9.53. The van der Waals surface area contributed by atoms with E-state index >= 15 is 0 Å². The van der Waals surface area contributed by atoms with Crippen molar-refractivity contribution in [3.8, 4) is 0 Å². The van der Waals surface area contributed by atoms with Crippen LogP contribution in [0.25, 0.3) is 0 Å². The van der Waals surface area contributed by atoms with E-state index in [1.165, 1.54) is 19.1 Å². The topological polar surface area (TPSA) is 70.1 Å². The van der Waals surface area contributed by atoms with Crippen LogP contribution in [0.2, 0.25) is 0 Å². The maximum absolute atomic E-state index is 11.5. The van der Waals surface area contributed by atoms with Gasteiger partial charge in [0.15, 0.2) is 9.84 Å². The van der Waals surface area contributed by atoms with Crippen LogP contribution >= 0.6 is 0 Å². The lowest BCUT2D eigenvalue weighted by atomic mass is 9.99. The first kappa shape index (κ1) is 19.8. The molecule has 146 valence electrons. The van der Waals surface area contributed by atoms with Crippen molar-refractivity contribution in [3.63, 3.8) is 0 Å². The van der Waals surface area contributed by atoms with Crippen molar-refractivity contribution in [2.24, 2.45) is 5.92 Å². The van der Waals surface area contributed by atoms with Gasteiger partial charge in [-0.2, -0.15) is 0 Å². The number of piperazine rings is 1. The number of benzene rings is 1. The van der Waals surface area contributed by atoms with E-state index in [1.807, 2.05) is 0 Å². The molecule has 0 aliphatic carbocycles. The molecule has 2 aliphatic rings. The van der Waals surface area contributed by atoms with Crippen LogP contribution < -0.4 is 0 Å². The Morgan fingerprint density at radius 3 is 2.23 bits per heavy atom. The molecule has 0 amide bonds. The highest BCUT2D eigenvalue weighted by atomic mass is 32.2. The molecule has 0 saturated carbocycles. The maximum atomic E-state index is 11.5. The van der Waals surface area contributed by atoms with Gasteiger partial charge in [0.25, 0.3) is 0 Å². The Balaban J connectivity index is 1.45. The van der Waals surface area contributed by atoms with Crippen LogP contribution in [0.3, 0.4) is 0 Å². The predicted octanol–water partition coefficient (Wildman–Crippen LogP) is 1.17. The number of hydrogen-bond donors (Lipinski definition) is 1. The zero-order valence-electron chi connectivity index (χ0n) is 15.5. The summed E-state index contributed by atoms with van der Waals surface area (Å²) in [5.74, 6) is 0.759. The summed E-state index contributed by atoms with van der Waals surface area (Å²) in [6.45, 7) is 7.54. The van der Waals surface area contributed by atoms with Crippen molar-refractivity contribution >= 4 is 9.84 Å². The summed E-state index contributed by atoms with van der Waals surface area (Å²) < 4.78 is 28.5. The average molecular weight is 383 g/mol. The van der Waals surface area contributed by atoms with Crippen molar-refractivity contribution in [2.45, 2.75) is 23.8 Å². The van der Waals surface area contributed by atoms with E-state index in [0.29, 0.717) is 6.54 Å². The van der Waals surface area contributed by atoms with E-state index in [0.717, 1.165) is 57.4 Å². The standard InChI is InChI=1S/C19H30N2O4S/c1-26(23,24)18-4-2-17(3-5-18)19(22)15-21-10-8-20(9-11-21)14-16-6-12-25-13-7-16/h2-5,16,19,22H,6-15H2,1H3. The summed E-state index contributed by atoms with van der Waals surface area (Å²) >= 11 is 0. The van der Waals surface area contributed by atoms with Gasteiger partial charge in [-0.05, 0) is 36.5 Å². The number of aliphatic hydroxyl groups excluding tert-OH is 1. The minimum Gasteiger partial charge on any atom is -0.387 e. The first-order valence-corrected chi connectivity index (χ1v) is 11.3. The molecule has 1 unspecified atom stereocenters. The molecule has 3 rings (SSSR count). The molecule has 0 bridgehead atoms. The Labute approximate surface area is 156 Å². The number of hydrogen-bond acceptors (Lipinski definition) is 6. The molecule has 1 aromatic carbocycles. The Kier molecular flexibility index (Phi) is 6.69. The van der Waals surface area contributed by atoms with Crippen LogP contribution in [0.5, 0.6) is 0 Å². The fraction of sp³-hybridized carbons (Fsp3) is 0.684. The van der Waals surface area contributed by atoms with E-state index in [1.54, 1.807) is 24.3 Å². The smallest absolute Gasteiger partial charge is 0.175 e. The van der Waals surface area contributed by atoms with Crippen molar-refractivity contribution in [3.05, 3.63) is 29.8 Å². The number of rotatable bonds is 6. The van der Waals surface area contributed by atoms with Gasteiger partial charge in [-0.3, -0.25) is 4.90 Å². The highest BCUT2D eigenvalue weighted by Gasteiger charge is 2.23. The lowest BCUT2D eigenvalue weighted by Gasteiger charge is -2.37. The highest BCUT2D eigenvalue weighted by molar-refractivity contribution is 7.90. The average Bonchev–Trinajstić information content (AvgIpc) is 2.63. The summed E-state index contributed by atoms with van der Waals surface area (Å²) in [4.78, 5) is 5.10. The molecule has 2 fully saturated rings. The van der Waals surface area contributed by atoms with Gasteiger partial charge < -0.3 is 14.7 Å². The fourth-order valence-corrected chi connectivity index (χ4v) is 4.37. The molecule has 1 aromatic rings. The van der Waals surface area contributed by atoms with Crippen LogP contribution in [-0.2, 0) is 14.6 Å². The normalized spacial score (nSPS) is 22.4. The fourth-order valence-electron chi connectivity index (χ4n) is 3.74. The van der Waals surface area contributed by atoms with Crippen LogP contribution in [-0.4, -0.2) is 82.1 Å². The zero-order valence-corrected chi connectivity index (χ0v) is 16.3. The molecule has 2 heterocycles. The van der Waals surface area contributed by atoms with E-state index in [2.05, 4.69) is 9.80 Å². The molecule has 0 spiro atoms. The van der Waals surface area contributed by atoms with Gasteiger partial charge in [0, 0.05) is 58.7 Å². The molecule has 0 radical (unpaired) electrons. The van der Waals surface area contributed by atoms with Gasteiger partial charge >= 0.3 is 0 Å². The summed E-state index contributed by atoms with van der Waals surface area (Å²) in [6.07, 6.45) is 2.94. The van der Waals surface area contributed by atoms with Crippen molar-refractivity contribution in [1.29, 1.82) is 0 Å². The first-order valence-electron chi connectivity index (χ1n) is 9.42. The lowest BCUT2D eigenvalue weighted by Crippen LogP contribution is -2.49. The Hall–Kier alpha value is -0.990. The second-order valence-electron chi connectivity index (χ2n) is 7.51. The molecule has 1 N–H and O–H groups in total. The number of nitrogens with zero attached hydrogens (tertiary/aromatic N) is 2. The van der Waals surface area contributed by atoms with E-state index < -0.39 is 15.9 Å². The third-order valence-corrected chi connectivity index (χ3v) is 6.57. The largest absolute Gasteiger partial charge is 0.387 e. The molecule has 0 aromatic heterocycles. The van der Waals surface area contributed by atoms with Crippen molar-refractivity contribution in [1.82, 2.24) is 9.80 Å². The van der Waals surface area contributed by atoms with Gasteiger partial charge in [-0.25, -0.2) is 8.42 Å². The minimum absolute atomic E-state index is 0.287. The summed E-state index contributed by atoms with van der Waals surface area (Å²) in [5, 5.41) is 10.5. The quantitative estimate of drug-likeness (QED) is 0.796. The third-order valence-electron chi connectivity index (χ3n) is 5.45. The van der Waals surface area contributed by atoms with E-state index in [-0.39, 0.29) is 4.90 Å². The molecule has 6 nitrogen and oxygen atoms in total. The summed E-state index contributed by atoms with van der Waals surface area (Å²) in [5.41, 5.74) is 0.766. The monoisotopic (exact) mass is 382 g/mol. The van der Waals surface area contributed by atoms with Crippen LogP contribution in [0.15, 0.2) is 29.2 Å². The number of aliphatic hydroxyl groups is 1. The minimum atomic E-state index is -3.20. The molecule has 2 saturated heterocycles. The molecule has 26 heavy (non-hydrogen) atoms. The Morgan fingerprint density at radius 2 is 1.65 bits per heavy atom. The van der Waals surface area contributed by atoms with Gasteiger partial charge in [0.1, 0.15) is 0 Å². The highest BCUT2D eigenvalue weighted by Crippen LogP contribution is 2.20. The van der Waals surface area contributed by atoms with Gasteiger partial charge in [0.05, 0.1) is 11.0 Å². The number of sulfone groups is 1. The van der Waals surface area contributed by atoms with Gasteiger partial charge in [-0.15, -0.1) is 0 Å². The summed E-state index contributed by atoms with van der Waals surface area (Å²) in [6, 6.07) is 6.56. The SMILES string of the molecule is CS(=O)(=O)c1ccc(C(O)CN2CCN(CC3CCOCC3)CC2)cc1. The van der Waals surface area contributed by atoms with Crippen LogP contribution in [0, 0.1) is 5.92 Å². The van der Waals surface area contributed by atoms with Gasteiger partial charge in [0.2, 0.25) is 0 Å². The molecule has 1 atom stereocenters. The number of β-amino-alcohol motifs (C(OH)–C–C–N with tert-alkyl or cyclic N) is 1. The third kappa shape index (κ3) is 5.50. The molecular formula is C19H30N2O4S. The van der Waals surface area contributed by atoms with E-state index in [9.17, 15) is 13.5 Å². The zero-order chi connectivity index (χ0) is 18.6.